The average Bonchev–Trinajstić information content (AvgIpc) is 2.62. The molecule has 0 aliphatic carbocycles. The molecule has 0 saturated carbocycles. The van der Waals surface area contributed by atoms with E-state index in [2.05, 4.69) is 40.2 Å². The lowest BCUT2D eigenvalue weighted by molar-refractivity contribution is 0.101. The smallest absolute Gasteiger partial charge is 0.213 e. The highest BCUT2D eigenvalue weighted by molar-refractivity contribution is 5.20. The summed E-state index contributed by atoms with van der Waals surface area (Å²) in [5, 5.41) is 9.67. The number of ether oxygens (including phenoxy) is 1. The van der Waals surface area contributed by atoms with Crippen molar-refractivity contribution < 1.29 is 9.84 Å². The first kappa shape index (κ1) is 16.0. The van der Waals surface area contributed by atoms with E-state index in [1.165, 1.54) is 5.56 Å². The highest BCUT2D eigenvalue weighted by Gasteiger charge is 2.28. The number of benzene rings is 1. The molecule has 0 radical (unpaired) electrons. The Labute approximate surface area is 137 Å². The van der Waals surface area contributed by atoms with Gasteiger partial charge in [0.2, 0.25) is 5.88 Å². The number of aliphatic hydroxyl groups is 1. The van der Waals surface area contributed by atoms with Gasteiger partial charge in [0.25, 0.3) is 0 Å². The molecular formula is C19H24N2O2. The van der Waals surface area contributed by atoms with Gasteiger partial charge in [0.05, 0.1) is 7.11 Å². The van der Waals surface area contributed by atoms with Gasteiger partial charge in [-0.25, -0.2) is 4.98 Å². The van der Waals surface area contributed by atoms with Crippen molar-refractivity contribution in [1.29, 1.82) is 0 Å². The van der Waals surface area contributed by atoms with Crippen LogP contribution in [0.5, 0.6) is 5.88 Å². The van der Waals surface area contributed by atoms with Crippen LogP contribution < -0.4 is 4.74 Å². The largest absolute Gasteiger partial charge is 0.481 e. The number of nitrogens with zero attached hydrogens (tertiary/aromatic N) is 2. The number of piperidine rings is 1. The summed E-state index contributed by atoms with van der Waals surface area (Å²) >= 11 is 0. The van der Waals surface area contributed by atoms with Crippen molar-refractivity contribution in [2.75, 3.05) is 26.8 Å². The lowest BCUT2D eigenvalue weighted by Gasteiger charge is -2.37. The second-order valence-electron chi connectivity index (χ2n) is 6.27. The first-order valence-corrected chi connectivity index (χ1v) is 8.16. The lowest BCUT2D eigenvalue weighted by atomic mass is 9.87. The van der Waals surface area contributed by atoms with Gasteiger partial charge in [-0.1, -0.05) is 36.4 Å². The third-order valence-corrected chi connectivity index (χ3v) is 4.49. The fourth-order valence-electron chi connectivity index (χ4n) is 3.39. The predicted molar refractivity (Wildman–Crippen MR) is 90.4 cm³/mol. The van der Waals surface area contributed by atoms with Gasteiger partial charge in [-0.15, -0.1) is 0 Å². The van der Waals surface area contributed by atoms with Crippen molar-refractivity contribution >= 4 is 0 Å². The number of methoxy groups -OCH3 is 1. The van der Waals surface area contributed by atoms with Crippen molar-refractivity contribution in [2.24, 2.45) is 5.92 Å². The summed E-state index contributed by atoms with van der Waals surface area (Å²) in [6.07, 6.45) is 0.974. The Hall–Kier alpha value is -1.91. The summed E-state index contributed by atoms with van der Waals surface area (Å²) in [5.41, 5.74) is 2.36. The van der Waals surface area contributed by atoms with Crippen LogP contribution in [0.3, 0.4) is 0 Å². The molecule has 1 aromatic heterocycles. The number of rotatable bonds is 5. The van der Waals surface area contributed by atoms with Crippen LogP contribution in [0.15, 0.2) is 48.5 Å². The normalized spacial score (nSPS) is 22.0. The maximum absolute atomic E-state index is 9.67. The Bertz CT molecular complexity index is 618. The van der Waals surface area contributed by atoms with Gasteiger partial charge >= 0.3 is 0 Å². The summed E-state index contributed by atoms with van der Waals surface area (Å²) in [4.78, 5) is 7.02. The van der Waals surface area contributed by atoms with Crippen molar-refractivity contribution in [1.82, 2.24) is 9.88 Å². The summed E-state index contributed by atoms with van der Waals surface area (Å²) in [6, 6.07) is 16.4. The molecule has 0 spiro atoms. The molecule has 3 rings (SSSR count). The zero-order chi connectivity index (χ0) is 16.1. The molecule has 1 unspecified atom stereocenters. The molecule has 1 aliphatic rings. The van der Waals surface area contributed by atoms with Crippen LogP contribution in [0.25, 0.3) is 0 Å². The fourth-order valence-corrected chi connectivity index (χ4v) is 3.39. The average molecular weight is 312 g/mol. The van der Waals surface area contributed by atoms with Crippen LogP contribution in [-0.4, -0.2) is 41.8 Å². The molecule has 1 fully saturated rings. The second kappa shape index (κ2) is 7.57. The topological polar surface area (TPSA) is 45.6 Å². The quantitative estimate of drug-likeness (QED) is 0.922. The number of aromatic nitrogens is 1. The van der Waals surface area contributed by atoms with Crippen LogP contribution >= 0.6 is 0 Å². The maximum Gasteiger partial charge on any atom is 0.213 e. The zero-order valence-corrected chi connectivity index (χ0v) is 13.6. The van der Waals surface area contributed by atoms with Crippen molar-refractivity contribution in [2.45, 2.75) is 18.9 Å². The summed E-state index contributed by atoms with van der Waals surface area (Å²) < 4.78 is 5.25. The first-order chi connectivity index (χ1) is 11.3. The van der Waals surface area contributed by atoms with Gasteiger partial charge in [0, 0.05) is 43.9 Å². The number of aliphatic hydroxyl groups excluding tert-OH is 1. The van der Waals surface area contributed by atoms with E-state index in [1.54, 1.807) is 7.11 Å². The van der Waals surface area contributed by atoms with Gasteiger partial charge < -0.3 is 9.84 Å². The molecule has 2 aromatic rings. The molecule has 23 heavy (non-hydrogen) atoms. The molecule has 1 saturated heterocycles. The van der Waals surface area contributed by atoms with Gasteiger partial charge in [0.15, 0.2) is 0 Å². The van der Waals surface area contributed by atoms with E-state index in [0.717, 1.165) is 31.7 Å². The second-order valence-corrected chi connectivity index (χ2v) is 6.27. The summed E-state index contributed by atoms with van der Waals surface area (Å²) in [6.45, 7) is 3.04. The Kier molecular flexibility index (Phi) is 5.26. The van der Waals surface area contributed by atoms with E-state index in [4.69, 9.17) is 4.74 Å². The van der Waals surface area contributed by atoms with Crippen LogP contribution in [0.2, 0.25) is 0 Å². The van der Waals surface area contributed by atoms with Gasteiger partial charge in [0.1, 0.15) is 0 Å². The predicted octanol–water partition coefficient (Wildman–Crippen LogP) is 2.69. The Balaban J connectivity index is 1.75. The molecule has 0 bridgehead atoms. The van der Waals surface area contributed by atoms with Crippen LogP contribution in [0, 0.1) is 5.92 Å². The van der Waals surface area contributed by atoms with E-state index in [9.17, 15) is 5.11 Å². The van der Waals surface area contributed by atoms with Crippen LogP contribution in [0.4, 0.5) is 0 Å². The minimum atomic E-state index is 0.228. The molecule has 2 heterocycles. The Morgan fingerprint density at radius 1 is 1.13 bits per heavy atom. The SMILES string of the molecule is COc1cccc([C@H]2CC(CO)CN(Cc3ccccc3)C2)n1. The molecule has 1 aromatic carbocycles. The van der Waals surface area contributed by atoms with Crippen molar-refractivity contribution in [3.63, 3.8) is 0 Å². The molecular weight excluding hydrogens is 288 g/mol. The highest BCUT2D eigenvalue weighted by Crippen LogP contribution is 2.30. The minimum absolute atomic E-state index is 0.228. The van der Waals surface area contributed by atoms with Crippen molar-refractivity contribution in [3.8, 4) is 5.88 Å². The number of likely N-dealkylation sites (tertiary alicyclic amines) is 1. The number of hydrogen-bond acceptors (Lipinski definition) is 4. The Morgan fingerprint density at radius 2 is 1.96 bits per heavy atom. The number of hydrogen-bond donors (Lipinski definition) is 1. The highest BCUT2D eigenvalue weighted by atomic mass is 16.5. The molecule has 122 valence electrons. The van der Waals surface area contributed by atoms with E-state index < -0.39 is 0 Å². The van der Waals surface area contributed by atoms with Gasteiger partial charge in [-0.3, -0.25) is 4.90 Å². The Morgan fingerprint density at radius 3 is 2.70 bits per heavy atom. The van der Waals surface area contributed by atoms with E-state index >= 15 is 0 Å². The molecule has 2 atom stereocenters. The van der Waals surface area contributed by atoms with Crippen molar-refractivity contribution in [3.05, 3.63) is 59.8 Å². The van der Waals surface area contributed by atoms with Gasteiger partial charge in [-0.2, -0.15) is 0 Å². The number of pyridine rings is 1. The van der Waals surface area contributed by atoms with Crippen LogP contribution in [-0.2, 0) is 6.54 Å². The molecule has 0 amide bonds. The minimum Gasteiger partial charge on any atom is -0.481 e. The monoisotopic (exact) mass is 312 g/mol. The van der Waals surface area contributed by atoms with Gasteiger partial charge in [-0.05, 0) is 24.0 Å². The third-order valence-electron chi connectivity index (χ3n) is 4.49. The lowest BCUT2D eigenvalue weighted by Crippen LogP contribution is -2.40. The standard InChI is InChI=1S/C19H24N2O2/c1-23-19-9-5-8-18(20-19)17-10-16(14-22)12-21(13-17)11-15-6-3-2-4-7-15/h2-9,16-17,22H,10-14H2,1H3/t16?,17-/m0/s1. The van der Waals surface area contributed by atoms with E-state index in [1.807, 2.05) is 18.2 Å². The summed E-state index contributed by atoms with van der Waals surface area (Å²) in [5.74, 6) is 1.29. The third kappa shape index (κ3) is 4.09. The molecule has 1 N–H and O–H groups in total. The van der Waals surface area contributed by atoms with E-state index in [0.29, 0.717) is 17.7 Å². The van der Waals surface area contributed by atoms with Crippen LogP contribution in [0.1, 0.15) is 23.6 Å². The molecule has 4 nitrogen and oxygen atoms in total. The first-order valence-electron chi connectivity index (χ1n) is 8.16. The maximum atomic E-state index is 9.67. The molecule has 1 aliphatic heterocycles. The molecule has 4 heteroatoms. The summed E-state index contributed by atoms with van der Waals surface area (Å²) in [7, 11) is 1.64. The van der Waals surface area contributed by atoms with E-state index in [-0.39, 0.29) is 6.61 Å². The zero-order valence-electron chi connectivity index (χ0n) is 13.6. The fraction of sp³-hybridized carbons (Fsp3) is 0.421.